The zero-order valence-corrected chi connectivity index (χ0v) is 37.2. The van der Waals surface area contributed by atoms with Crippen LogP contribution >= 0.6 is 0 Å². The Balaban J connectivity index is 1.12. The van der Waals surface area contributed by atoms with Crippen LogP contribution in [0.2, 0.25) is 0 Å². The molecule has 312 valence electrons. The number of nitrogens with zero attached hydrogens (tertiary/aromatic N) is 4. The second-order valence-corrected chi connectivity index (χ2v) is 20.5. The topological polar surface area (TPSA) is 24.3 Å². The number of hydrogen-bond donors (Lipinski definition) is 0. The number of rotatable bonds is 9. The van der Waals surface area contributed by atoms with Crippen molar-refractivity contribution in [3.05, 3.63) is 267 Å². The smallest absolute Gasteiger partial charge is 0.186 e. The van der Waals surface area contributed by atoms with E-state index >= 15 is 0 Å². The van der Waals surface area contributed by atoms with Gasteiger partial charge in [0, 0.05) is 57.1 Å². The molecule has 0 N–H and O–H groups in total. The van der Waals surface area contributed by atoms with Gasteiger partial charge in [-0.15, -0.1) is 0 Å². The number of para-hydroxylation sites is 3. The third-order valence-corrected chi connectivity index (χ3v) is 18.0. The number of benzene rings is 9. The summed E-state index contributed by atoms with van der Waals surface area (Å²) < 4.78 is 2.53. The lowest BCUT2D eigenvalue weighted by atomic mass is 10.0. The van der Waals surface area contributed by atoms with Crippen molar-refractivity contribution < 1.29 is 0 Å². The van der Waals surface area contributed by atoms with Crippen LogP contribution < -0.4 is 30.5 Å². The molecule has 0 saturated heterocycles. The van der Waals surface area contributed by atoms with Crippen molar-refractivity contribution in [2.45, 2.75) is 0 Å². The highest BCUT2D eigenvalue weighted by atomic mass is 28.3. The van der Waals surface area contributed by atoms with Crippen LogP contribution in [0, 0.1) is 0 Å². The molecule has 2 aromatic heterocycles. The predicted octanol–water partition coefficient (Wildman–Crippen LogP) is 13.0. The summed E-state index contributed by atoms with van der Waals surface area (Å²) in [6.45, 7) is 0. The van der Waals surface area contributed by atoms with E-state index in [1.807, 2.05) is 12.4 Å². The Labute approximate surface area is 386 Å². The van der Waals surface area contributed by atoms with E-state index in [0.29, 0.717) is 0 Å². The summed E-state index contributed by atoms with van der Waals surface area (Å²) in [6.07, 6.45) is 3.73. The Morgan fingerprint density at radius 3 is 1.56 bits per heavy atom. The summed E-state index contributed by atoms with van der Waals surface area (Å²) in [6, 6.07) is 93.3. The lowest BCUT2D eigenvalue weighted by Crippen LogP contribution is -2.77. The van der Waals surface area contributed by atoms with E-state index in [1.165, 1.54) is 48.8 Å². The van der Waals surface area contributed by atoms with Crippen LogP contribution in [-0.2, 0) is 0 Å². The van der Waals surface area contributed by atoms with Crippen molar-refractivity contribution in [3.63, 3.8) is 0 Å². The van der Waals surface area contributed by atoms with Gasteiger partial charge in [-0.2, -0.15) is 0 Å². The minimum absolute atomic E-state index is 1.04. The predicted molar refractivity (Wildman–Crippen MR) is 278 cm³/mol. The standard InChI is InChI=1S/C61H44N4Si/c1-6-19-45(20-7-1)46-33-36-51(37-34-46)63(52-39-41-62-42-40-52)53-26-18-21-47(43-53)48-35-38-56-58(44-48)65(50-24-10-3-11-25-50)61-60(56)66(54-27-12-4-13-28-54,55-29-14-5-15-30-55)59-32-17-16-31-57(59)64(61)49-22-8-2-9-23-49/h1-44H. The van der Waals surface area contributed by atoms with Crippen molar-refractivity contribution in [1.29, 1.82) is 0 Å². The third kappa shape index (κ3) is 6.48. The molecule has 0 bridgehead atoms. The van der Waals surface area contributed by atoms with Crippen LogP contribution in [0.4, 0.5) is 34.3 Å². The molecule has 0 atom stereocenters. The van der Waals surface area contributed by atoms with E-state index in [0.717, 1.165) is 45.1 Å². The lowest BCUT2D eigenvalue weighted by Gasteiger charge is -2.44. The van der Waals surface area contributed by atoms with Gasteiger partial charge in [-0.1, -0.05) is 182 Å². The first-order valence-electron chi connectivity index (χ1n) is 22.5. The second-order valence-electron chi connectivity index (χ2n) is 16.8. The van der Waals surface area contributed by atoms with Crippen LogP contribution in [0.3, 0.4) is 0 Å². The van der Waals surface area contributed by atoms with E-state index in [9.17, 15) is 0 Å². The van der Waals surface area contributed by atoms with Gasteiger partial charge >= 0.3 is 0 Å². The average molecular weight is 861 g/mol. The summed E-state index contributed by atoms with van der Waals surface area (Å²) in [5.41, 5.74) is 12.4. The summed E-state index contributed by atoms with van der Waals surface area (Å²) in [5, 5.41) is 6.71. The van der Waals surface area contributed by atoms with Crippen LogP contribution in [0.25, 0.3) is 38.8 Å². The van der Waals surface area contributed by atoms with E-state index in [2.05, 4.69) is 274 Å². The Hall–Kier alpha value is -8.51. The van der Waals surface area contributed by atoms with Gasteiger partial charge in [0.1, 0.15) is 5.82 Å². The van der Waals surface area contributed by atoms with E-state index in [-0.39, 0.29) is 0 Å². The molecule has 9 aromatic carbocycles. The number of hydrogen-bond acceptors (Lipinski definition) is 3. The molecule has 0 unspecified atom stereocenters. The second kappa shape index (κ2) is 16.6. The van der Waals surface area contributed by atoms with Gasteiger partial charge in [-0.05, 0) is 111 Å². The first-order chi connectivity index (χ1) is 32.8. The first-order valence-corrected chi connectivity index (χ1v) is 24.5. The monoisotopic (exact) mass is 860 g/mol. The number of aromatic nitrogens is 2. The number of pyridine rings is 1. The summed E-state index contributed by atoms with van der Waals surface area (Å²) in [5.74, 6) is 1.18. The maximum atomic E-state index is 4.38. The van der Waals surface area contributed by atoms with E-state index in [4.69, 9.17) is 0 Å². The fraction of sp³-hybridized carbons (Fsp3) is 0. The van der Waals surface area contributed by atoms with Gasteiger partial charge in [-0.25, -0.2) is 0 Å². The minimum atomic E-state index is -3.02. The van der Waals surface area contributed by atoms with Crippen molar-refractivity contribution in [1.82, 2.24) is 9.55 Å². The highest BCUT2D eigenvalue weighted by Gasteiger charge is 2.51. The Morgan fingerprint density at radius 2 is 0.894 bits per heavy atom. The number of anilines is 6. The van der Waals surface area contributed by atoms with Crippen molar-refractivity contribution in [2.24, 2.45) is 0 Å². The number of fused-ring (bicyclic) bond motifs is 4. The van der Waals surface area contributed by atoms with Crippen LogP contribution in [0.15, 0.2) is 267 Å². The highest BCUT2D eigenvalue weighted by molar-refractivity contribution is 7.22. The molecule has 4 nitrogen and oxygen atoms in total. The van der Waals surface area contributed by atoms with E-state index < -0.39 is 8.07 Å². The minimum Gasteiger partial charge on any atom is -0.310 e. The van der Waals surface area contributed by atoms with Crippen molar-refractivity contribution in [2.75, 3.05) is 9.80 Å². The summed E-state index contributed by atoms with van der Waals surface area (Å²) in [7, 11) is -3.02. The lowest BCUT2D eigenvalue weighted by molar-refractivity contribution is 1.08. The maximum absolute atomic E-state index is 4.38. The van der Waals surface area contributed by atoms with Crippen LogP contribution in [0.1, 0.15) is 0 Å². The van der Waals surface area contributed by atoms with Gasteiger partial charge in [0.05, 0.1) is 5.52 Å². The normalized spacial score (nSPS) is 12.6. The van der Waals surface area contributed by atoms with Gasteiger partial charge in [0.2, 0.25) is 0 Å². The van der Waals surface area contributed by atoms with Crippen LogP contribution in [0.5, 0.6) is 0 Å². The molecule has 1 aliphatic rings. The van der Waals surface area contributed by atoms with Gasteiger partial charge in [0.15, 0.2) is 8.07 Å². The molecule has 0 saturated carbocycles. The average Bonchev–Trinajstić information content (AvgIpc) is 3.74. The Bertz CT molecular complexity index is 3410. The van der Waals surface area contributed by atoms with E-state index in [1.54, 1.807) is 0 Å². The molecule has 12 rings (SSSR count). The first kappa shape index (κ1) is 39.1. The molecule has 0 amide bonds. The zero-order valence-electron chi connectivity index (χ0n) is 36.2. The Kier molecular flexibility index (Phi) is 9.81. The van der Waals surface area contributed by atoms with Gasteiger partial charge < -0.3 is 4.90 Å². The molecule has 3 heterocycles. The van der Waals surface area contributed by atoms with Crippen molar-refractivity contribution >= 4 is 74.0 Å². The fourth-order valence-corrected chi connectivity index (χ4v) is 15.6. The third-order valence-electron chi connectivity index (χ3n) is 13.1. The largest absolute Gasteiger partial charge is 0.310 e. The molecule has 0 spiro atoms. The van der Waals surface area contributed by atoms with Crippen molar-refractivity contribution in [3.8, 4) is 27.9 Å². The molecular weight excluding hydrogens is 817 g/mol. The summed E-state index contributed by atoms with van der Waals surface area (Å²) >= 11 is 0. The van der Waals surface area contributed by atoms with Gasteiger partial charge in [-0.3, -0.25) is 14.5 Å². The molecule has 0 aliphatic carbocycles. The molecule has 0 fully saturated rings. The maximum Gasteiger partial charge on any atom is 0.186 e. The van der Waals surface area contributed by atoms with Gasteiger partial charge in [0.25, 0.3) is 0 Å². The molecule has 5 heteroatoms. The zero-order chi connectivity index (χ0) is 43.9. The highest BCUT2D eigenvalue weighted by Crippen LogP contribution is 2.44. The SMILES string of the molecule is c1ccc(-c2ccc(N(c3ccncc3)c3cccc(-c4ccc5c6c(n(-c7ccccc7)c5c4)N(c4ccccc4)c4ccccc4[Si]6(c4ccccc4)c4ccccc4)c3)cc2)cc1. The molecule has 11 aromatic rings. The summed E-state index contributed by atoms with van der Waals surface area (Å²) in [4.78, 5) is 9.22. The van der Waals surface area contributed by atoms with Crippen LogP contribution in [-0.4, -0.2) is 17.6 Å². The molecular formula is C61H44N4Si. The molecule has 1 aliphatic heterocycles. The quantitative estimate of drug-likeness (QED) is 0.135. The molecule has 0 radical (unpaired) electrons. The fourth-order valence-electron chi connectivity index (χ4n) is 10.3. The molecule has 66 heavy (non-hydrogen) atoms. The Morgan fingerprint density at radius 1 is 0.379 bits per heavy atom.